The van der Waals surface area contributed by atoms with Crippen molar-refractivity contribution in [1.82, 2.24) is 0 Å². The van der Waals surface area contributed by atoms with Gasteiger partial charge in [-0.25, -0.2) is 8.42 Å². The summed E-state index contributed by atoms with van der Waals surface area (Å²) in [5.74, 6) is 0.0704. The molecule has 0 aliphatic rings. The number of benzene rings is 2. The largest absolute Gasteiger partial charge is 0.495 e. The molecule has 0 fully saturated rings. The summed E-state index contributed by atoms with van der Waals surface area (Å²) in [5, 5.41) is 3.18. The summed E-state index contributed by atoms with van der Waals surface area (Å²) in [5.41, 5.74) is 1.63. The Labute approximate surface area is 145 Å². The predicted octanol–water partition coefficient (Wildman–Crippen LogP) is 3.28. The maximum Gasteiger partial charge on any atom is 0.256 e. The smallest absolute Gasteiger partial charge is 0.256 e. The number of carbonyl (C=O) groups is 1. The van der Waals surface area contributed by atoms with E-state index in [1.165, 1.54) is 7.11 Å². The number of sulfonamides is 1. The Balaban J connectivity index is 2.34. The summed E-state index contributed by atoms with van der Waals surface area (Å²) >= 11 is 5.95. The van der Waals surface area contributed by atoms with Gasteiger partial charge >= 0.3 is 0 Å². The summed E-state index contributed by atoms with van der Waals surface area (Å²) in [6.07, 6.45) is 1.05. The van der Waals surface area contributed by atoms with Crippen molar-refractivity contribution >= 4 is 38.9 Å². The lowest BCUT2D eigenvalue weighted by Crippen LogP contribution is -2.16. The molecule has 8 heteroatoms. The third kappa shape index (κ3) is 4.39. The molecule has 0 atom stereocenters. The van der Waals surface area contributed by atoms with Crippen molar-refractivity contribution in [2.75, 3.05) is 23.4 Å². The first-order chi connectivity index (χ1) is 11.2. The van der Waals surface area contributed by atoms with Gasteiger partial charge in [-0.3, -0.25) is 9.52 Å². The van der Waals surface area contributed by atoms with E-state index >= 15 is 0 Å². The quantitative estimate of drug-likeness (QED) is 0.848. The van der Waals surface area contributed by atoms with Crippen LogP contribution in [0.3, 0.4) is 0 Å². The van der Waals surface area contributed by atoms with Gasteiger partial charge in [-0.05, 0) is 42.8 Å². The van der Waals surface area contributed by atoms with Gasteiger partial charge in [-0.1, -0.05) is 17.7 Å². The molecule has 2 aromatic rings. The second-order valence-electron chi connectivity index (χ2n) is 5.15. The van der Waals surface area contributed by atoms with Crippen LogP contribution >= 0.6 is 11.6 Å². The Hall–Kier alpha value is -2.25. The third-order valence-corrected chi connectivity index (χ3v) is 4.11. The van der Waals surface area contributed by atoms with E-state index in [4.69, 9.17) is 16.3 Å². The molecule has 0 bridgehead atoms. The van der Waals surface area contributed by atoms with Crippen LogP contribution in [-0.2, 0) is 10.0 Å². The van der Waals surface area contributed by atoms with Crippen molar-refractivity contribution in [1.29, 1.82) is 0 Å². The summed E-state index contributed by atoms with van der Waals surface area (Å²) in [6.45, 7) is 1.66. The van der Waals surface area contributed by atoms with Crippen LogP contribution in [0.1, 0.15) is 15.9 Å². The Morgan fingerprint density at radius 3 is 2.50 bits per heavy atom. The van der Waals surface area contributed by atoms with Crippen LogP contribution in [-0.4, -0.2) is 27.7 Å². The van der Waals surface area contributed by atoms with Gasteiger partial charge in [0.2, 0.25) is 10.0 Å². The summed E-state index contributed by atoms with van der Waals surface area (Å²) in [6, 6.07) is 9.67. The van der Waals surface area contributed by atoms with E-state index in [-0.39, 0.29) is 0 Å². The van der Waals surface area contributed by atoms with Gasteiger partial charge in [0.05, 0.1) is 24.7 Å². The molecule has 0 heterocycles. The Morgan fingerprint density at radius 1 is 1.17 bits per heavy atom. The lowest BCUT2D eigenvalue weighted by Gasteiger charge is -2.14. The van der Waals surface area contributed by atoms with Gasteiger partial charge in [-0.2, -0.15) is 0 Å². The van der Waals surface area contributed by atoms with E-state index in [9.17, 15) is 13.2 Å². The number of anilines is 2. The highest BCUT2D eigenvalue weighted by atomic mass is 35.5. The minimum Gasteiger partial charge on any atom is -0.495 e. The molecular formula is C16H17ClN2O4S. The molecule has 0 aliphatic carbocycles. The highest BCUT2D eigenvalue weighted by molar-refractivity contribution is 7.92. The van der Waals surface area contributed by atoms with E-state index < -0.39 is 15.9 Å². The van der Waals surface area contributed by atoms with Crippen LogP contribution < -0.4 is 14.8 Å². The molecule has 0 aromatic heterocycles. The van der Waals surface area contributed by atoms with E-state index in [2.05, 4.69) is 10.0 Å². The number of halogens is 1. The van der Waals surface area contributed by atoms with Crippen LogP contribution in [0.2, 0.25) is 5.02 Å². The van der Waals surface area contributed by atoms with Crippen molar-refractivity contribution in [2.24, 2.45) is 0 Å². The third-order valence-electron chi connectivity index (χ3n) is 3.28. The van der Waals surface area contributed by atoms with Crippen molar-refractivity contribution in [3.63, 3.8) is 0 Å². The minimum absolute atomic E-state index is 0.339. The van der Waals surface area contributed by atoms with Crippen molar-refractivity contribution < 1.29 is 17.9 Å². The van der Waals surface area contributed by atoms with Crippen molar-refractivity contribution in [3.8, 4) is 5.75 Å². The Kier molecular flexibility index (Phi) is 5.36. The molecule has 2 N–H and O–H groups in total. The zero-order valence-corrected chi connectivity index (χ0v) is 15.0. The van der Waals surface area contributed by atoms with Crippen LogP contribution in [0.4, 0.5) is 11.4 Å². The normalized spacial score (nSPS) is 11.0. The number of methoxy groups -OCH3 is 1. The first-order valence-corrected chi connectivity index (χ1v) is 9.20. The van der Waals surface area contributed by atoms with Gasteiger partial charge in [-0.15, -0.1) is 0 Å². The zero-order chi connectivity index (χ0) is 17.9. The van der Waals surface area contributed by atoms with E-state index in [1.807, 2.05) is 0 Å². The Bertz CT molecular complexity index is 882. The lowest BCUT2D eigenvalue weighted by atomic mass is 10.1. The van der Waals surface area contributed by atoms with Crippen molar-refractivity contribution in [3.05, 3.63) is 52.5 Å². The van der Waals surface area contributed by atoms with Gasteiger partial charge in [0.25, 0.3) is 5.91 Å². The highest BCUT2D eigenvalue weighted by Crippen LogP contribution is 2.29. The van der Waals surface area contributed by atoms with E-state index in [0.717, 1.165) is 6.26 Å². The van der Waals surface area contributed by atoms with E-state index in [1.54, 1.807) is 43.3 Å². The van der Waals surface area contributed by atoms with Gasteiger partial charge < -0.3 is 10.1 Å². The molecule has 0 saturated heterocycles. The average molecular weight is 369 g/mol. The molecule has 6 nitrogen and oxygen atoms in total. The fourth-order valence-electron chi connectivity index (χ4n) is 2.16. The molecule has 0 spiro atoms. The molecular weight excluding hydrogens is 352 g/mol. The molecule has 1 amide bonds. The maximum absolute atomic E-state index is 12.5. The van der Waals surface area contributed by atoms with E-state index in [0.29, 0.717) is 33.3 Å². The average Bonchev–Trinajstić information content (AvgIpc) is 2.48. The first kappa shape index (κ1) is 18.1. The van der Waals surface area contributed by atoms with Gasteiger partial charge in [0.15, 0.2) is 0 Å². The van der Waals surface area contributed by atoms with Crippen LogP contribution in [0.5, 0.6) is 5.75 Å². The second-order valence-corrected chi connectivity index (χ2v) is 7.34. The molecule has 2 aromatic carbocycles. The van der Waals surface area contributed by atoms with Gasteiger partial charge in [0, 0.05) is 10.6 Å². The molecule has 2 rings (SSSR count). The monoisotopic (exact) mass is 368 g/mol. The molecule has 24 heavy (non-hydrogen) atoms. The minimum atomic E-state index is -3.44. The van der Waals surface area contributed by atoms with Crippen LogP contribution in [0.25, 0.3) is 0 Å². The second kappa shape index (κ2) is 7.11. The molecule has 0 unspecified atom stereocenters. The Morgan fingerprint density at radius 2 is 1.88 bits per heavy atom. The number of hydrogen-bond acceptors (Lipinski definition) is 4. The number of nitrogens with one attached hydrogen (secondary N) is 2. The fourth-order valence-corrected chi connectivity index (χ4v) is 2.95. The van der Waals surface area contributed by atoms with Gasteiger partial charge in [0.1, 0.15) is 5.75 Å². The maximum atomic E-state index is 12.5. The number of rotatable bonds is 5. The summed E-state index contributed by atoms with van der Waals surface area (Å²) < 4.78 is 30.4. The molecule has 0 radical (unpaired) electrons. The lowest BCUT2D eigenvalue weighted by molar-refractivity contribution is 0.102. The molecule has 0 saturated carbocycles. The first-order valence-electron chi connectivity index (χ1n) is 6.93. The standard InChI is InChI=1S/C16H17ClN2O4S/c1-10-12(5-4-6-13(10)19-24(3,21)22)16(20)18-14-9-11(17)7-8-15(14)23-2/h4-9,19H,1-3H3,(H,18,20). The fraction of sp³-hybridized carbons (Fsp3) is 0.188. The highest BCUT2D eigenvalue weighted by Gasteiger charge is 2.15. The van der Waals surface area contributed by atoms with Crippen LogP contribution in [0.15, 0.2) is 36.4 Å². The predicted molar refractivity (Wildman–Crippen MR) is 95.6 cm³/mol. The number of amides is 1. The van der Waals surface area contributed by atoms with Crippen molar-refractivity contribution in [2.45, 2.75) is 6.92 Å². The summed E-state index contributed by atoms with van der Waals surface area (Å²) in [4.78, 5) is 12.5. The topological polar surface area (TPSA) is 84.5 Å². The zero-order valence-electron chi connectivity index (χ0n) is 13.4. The number of hydrogen-bond donors (Lipinski definition) is 2. The summed E-state index contributed by atoms with van der Waals surface area (Å²) in [7, 11) is -1.95. The molecule has 128 valence electrons. The SMILES string of the molecule is COc1ccc(Cl)cc1NC(=O)c1cccc(NS(C)(=O)=O)c1C. The molecule has 0 aliphatic heterocycles. The number of carbonyl (C=O) groups excluding carboxylic acids is 1. The van der Waals surface area contributed by atoms with Crippen LogP contribution in [0, 0.1) is 6.92 Å². The number of ether oxygens (including phenoxy) is 1.